The summed E-state index contributed by atoms with van der Waals surface area (Å²) in [7, 11) is 0. The van der Waals surface area contributed by atoms with Gasteiger partial charge in [0.1, 0.15) is 0 Å². The van der Waals surface area contributed by atoms with Gasteiger partial charge in [0.25, 0.3) is 0 Å². The summed E-state index contributed by atoms with van der Waals surface area (Å²) in [4.78, 5) is 15.2. The van der Waals surface area contributed by atoms with Gasteiger partial charge in [0, 0.05) is 38.7 Å². The maximum absolute atomic E-state index is 7.02. The van der Waals surface area contributed by atoms with E-state index in [2.05, 4.69) is 211 Å². The zero-order chi connectivity index (χ0) is 46.2. The van der Waals surface area contributed by atoms with E-state index in [-0.39, 0.29) is 0 Å². The summed E-state index contributed by atoms with van der Waals surface area (Å²) in [5.41, 5.74) is 14.5. The minimum atomic E-state index is -0.545. The third-order valence-electron chi connectivity index (χ3n) is 14.0. The monoisotopic (exact) mass is 896 g/mol. The number of fused-ring (bicyclic) bond motifs is 9. The molecule has 6 heteroatoms. The highest BCUT2D eigenvalue weighted by molar-refractivity contribution is 6.09. The second kappa shape index (κ2) is 15.9. The summed E-state index contributed by atoms with van der Waals surface area (Å²) in [5, 5.41) is 2.46. The van der Waals surface area contributed by atoms with Gasteiger partial charge < -0.3 is 14.0 Å². The fourth-order valence-corrected chi connectivity index (χ4v) is 10.9. The lowest BCUT2D eigenvalue weighted by Crippen LogP contribution is -2.28. The molecule has 0 saturated heterocycles. The van der Waals surface area contributed by atoms with Gasteiger partial charge in [-0.15, -0.1) is 0 Å². The number of benzene rings is 10. The van der Waals surface area contributed by atoms with E-state index in [0.29, 0.717) is 34.7 Å². The Morgan fingerprint density at radius 1 is 0.343 bits per heavy atom. The highest BCUT2D eigenvalue weighted by Crippen LogP contribution is 2.62. The predicted octanol–water partition coefficient (Wildman–Crippen LogP) is 15.9. The van der Waals surface area contributed by atoms with Crippen LogP contribution in [0.2, 0.25) is 0 Å². The topological polar surface area (TPSA) is 62.1 Å². The van der Waals surface area contributed by atoms with Gasteiger partial charge in [-0.3, -0.25) is 0 Å². The first-order valence-electron chi connectivity index (χ1n) is 23.6. The number of rotatable bonds is 7. The summed E-state index contributed by atoms with van der Waals surface area (Å²) in [5.74, 6) is 4.56. The minimum absolute atomic E-state index is 0.545. The standard InChI is InChI=1S/C64H40N4O2/c1-4-16-42(17-5-1)61-65-62(67-63(66-61)44-32-35-48(36-33-44)68-54-26-14-11-22-49(54)50-23-12-15-27-55(50)68)43-30-28-41(29-31-43)45-34-38-56-58(40-45)70-60-57(69-56)39-37-53-59(60)51-24-10-13-25-52(51)64(53,46-18-6-2-7-19-46)47-20-8-3-9-21-47/h1-40H. The molecule has 0 fully saturated rings. The van der Waals surface area contributed by atoms with E-state index in [1.807, 2.05) is 36.4 Å². The van der Waals surface area contributed by atoms with Crippen LogP contribution in [-0.2, 0) is 5.41 Å². The Kier molecular flexibility index (Phi) is 9.01. The molecule has 0 radical (unpaired) electrons. The van der Waals surface area contributed by atoms with Crippen molar-refractivity contribution in [2.75, 3.05) is 0 Å². The van der Waals surface area contributed by atoms with Gasteiger partial charge in [-0.05, 0) is 93.5 Å². The maximum Gasteiger partial charge on any atom is 0.178 e. The van der Waals surface area contributed by atoms with E-state index in [1.54, 1.807) is 0 Å². The van der Waals surface area contributed by atoms with Crippen molar-refractivity contribution in [1.29, 1.82) is 0 Å². The van der Waals surface area contributed by atoms with Crippen molar-refractivity contribution in [3.05, 3.63) is 265 Å². The number of aromatic nitrogens is 4. The second-order valence-corrected chi connectivity index (χ2v) is 17.9. The molecule has 0 amide bonds. The number of hydrogen-bond donors (Lipinski definition) is 0. The molecule has 70 heavy (non-hydrogen) atoms. The Morgan fingerprint density at radius 2 is 0.829 bits per heavy atom. The molecule has 0 N–H and O–H groups in total. The fourth-order valence-electron chi connectivity index (χ4n) is 10.9. The Balaban J connectivity index is 0.811. The lowest BCUT2D eigenvalue weighted by Gasteiger charge is -2.34. The highest BCUT2D eigenvalue weighted by atomic mass is 16.6. The van der Waals surface area contributed by atoms with Crippen LogP contribution < -0.4 is 9.47 Å². The zero-order valence-electron chi connectivity index (χ0n) is 37.7. The number of nitrogens with zero attached hydrogens (tertiary/aromatic N) is 4. The molecule has 2 aromatic heterocycles. The first-order chi connectivity index (χ1) is 34.7. The summed E-state index contributed by atoms with van der Waals surface area (Å²) >= 11 is 0. The lowest BCUT2D eigenvalue weighted by atomic mass is 9.68. The molecule has 12 aromatic rings. The van der Waals surface area contributed by atoms with Crippen LogP contribution in [0.4, 0.5) is 0 Å². The molecule has 1 aliphatic heterocycles. The molecule has 0 unspecified atom stereocenters. The molecule has 0 bridgehead atoms. The van der Waals surface area contributed by atoms with Crippen LogP contribution >= 0.6 is 0 Å². The van der Waals surface area contributed by atoms with Crippen molar-refractivity contribution in [3.8, 4) is 85.1 Å². The van der Waals surface area contributed by atoms with Crippen LogP contribution in [0.1, 0.15) is 22.3 Å². The normalized spacial score (nSPS) is 12.9. The quantitative estimate of drug-likeness (QED) is 0.159. The molecule has 3 heterocycles. The number of para-hydroxylation sites is 2. The van der Waals surface area contributed by atoms with E-state index < -0.39 is 5.41 Å². The molecule has 6 nitrogen and oxygen atoms in total. The predicted molar refractivity (Wildman–Crippen MR) is 280 cm³/mol. The van der Waals surface area contributed by atoms with E-state index in [9.17, 15) is 0 Å². The van der Waals surface area contributed by atoms with E-state index >= 15 is 0 Å². The van der Waals surface area contributed by atoms with Crippen LogP contribution in [0, 0.1) is 0 Å². The summed E-state index contributed by atoms with van der Waals surface area (Å²) in [6.45, 7) is 0. The average Bonchev–Trinajstić information content (AvgIpc) is 3.94. The molecule has 14 rings (SSSR count). The largest absolute Gasteiger partial charge is 0.449 e. The van der Waals surface area contributed by atoms with Crippen LogP contribution in [-0.4, -0.2) is 19.5 Å². The van der Waals surface area contributed by atoms with Gasteiger partial charge in [0.15, 0.2) is 40.5 Å². The van der Waals surface area contributed by atoms with Crippen molar-refractivity contribution in [2.45, 2.75) is 5.41 Å². The first-order valence-corrected chi connectivity index (χ1v) is 23.6. The van der Waals surface area contributed by atoms with Crippen LogP contribution in [0.5, 0.6) is 23.0 Å². The van der Waals surface area contributed by atoms with Gasteiger partial charge in [0.05, 0.1) is 16.4 Å². The molecule has 1 aliphatic carbocycles. The van der Waals surface area contributed by atoms with Crippen molar-refractivity contribution in [2.24, 2.45) is 0 Å². The third-order valence-corrected chi connectivity index (χ3v) is 14.0. The summed E-state index contributed by atoms with van der Waals surface area (Å²) < 4.78 is 16.0. The second-order valence-electron chi connectivity index (χ2n) is 17.9. The van der Waals surface area contributed by atoms with Crippen LogP contribution in [0.25, 0.3) is 83.9 Å². The highest BCUT2D eigenvalue weighted by Gasteiger charge is 2.48. The molecule has 0 saturated carbocycles. The van der Waals surface area contributed by atoms with E-state index in [0.717, 1.165) is 55.9 Å². The molecule has 10 aromatic carbocycles. The van der Waals surface area contributed by atoms with Gasteiger partial charge >= 0.3 is 0 Å². The Labute approximate surface area is 404 Å². The molecule has 2 aliphatic rings. The Hall–Kier alpha value is -9.39. The summed E-state index contributed by atoms with van der Waals surface area (Å²) in [6, 6.07) is 84.8. The van der Waals surface area contributed by atoms with Crippen molar-refractivity contribution in [3.63, 3.8) is 0 Å². The van der Waals surface area contributed by atoms with Gasteiger partial charge in [-0.25, -0.2) is 15.0 Å². The number of hydrogen-bond acceptors (Lipinski definition) is 5. The van der Waals surface area contributed by atoms with Gasteiger partial charge in [-0.2, -0.15) is 0 Å². The van der Waals surface area contributed by atoms with E-state index in [1.165, 1.54) is 38.5 Å². The maximum atomic E-state index is 7.02. The average molecular weight is 897 g/mol. The first kappa shape index (κ1) is 39.7. The van der Waals surface area contributed by atoms with E-state index in [4.69, 9.17) is 24.4 Å². The van der Waals surface area contributed by atoms with Crippen LogP contribution in [0.3, 0.4) is 0 Å². The van der Waals surface area contributed by atoms with Gasteiger partial charge in [-0.1, -0.05) is 188 Å². The third kappa shape index (κ3) is 6.17. The van der Waals surface area contributed by atoms with Crippen LogP contribution in [0.15, 0.2) is 243 Å². The lowest BCUT2D eigenvalue weighted by molar-refractivity contribution is 0.360. The Bertz CT molecular complexity index is 3890. The zero-order valence-corrected chi connectivity index (χ0v) is 37.7. The number of ether oxygens (including phenoxy) is 2. The minimum Gasteiger partial charge on any atom is -0.449 e. The molecule has 0 spiro atoms. The van der Waals surface area contributed by atoms with Crippen molar-refractivity contribution < 1.29 is 9.47 Å². The fraction of sp³-hybridized carbons (Fsp3) is 0.0156. The summed E-state index contributed by atoms with van der Waals surface area (Å²) in [6.07, 6.45) is 0. The smallest absolute Gasteiger partial charge is 0.178 e. The Morgan fingerprint density at radius 3 is 1.46 bits per heavy atom. The molecule has 0 atom stereocenters. The van der Waals surface area contributed by atoms with Gasteiger partial charge in [0.2, 0.25) is 0 Å². The molecular formula is C64H40N4O2. The van der Waals surface area contributed by atoms with Crippen molar-refractivity contribution >= 4 is 21.8 Å². The molecule has 328 valence electrons. The van der Waals surface area contributed by atoms with Crippen molar-refractivity contribution in [1.82, 2.24) is 19.5 Å². The molecular weight excluding hydrogens is 857 g/mol. The SMILES string of the molecule is c1ccc(-c2nc(-c3ccc(-c4ccc5c(c4)Oc4c(ccc6c4-c4ccccc4C6(c4ccccc4)c4ccccc4)O5)cc3)nc(-c3ccc(-n4c5ccccc5c5ccccc54)cc3)n2)cc1.